The number of aromatic nitrogens is 1. The fourth-order valence-corrected chi connectivity index (χ4v) is 2.55. The summed E-state index contributed by atoms with van der Waals surface area (Å²) in [6, 6.07) is 10.4. The molecule has 0 aliphatic heterocycles. The van der Waals surface area contributed by atoms with Crippen molar-refractivity contribution in [2.75, 3.05) is 5.32 Å². The second-order valence-corrected chi connectivity index (χ2v) is 5.83. The Hall–Kier alpha value is -2.94. The van der Waals surface area contributed by atoms with Gasteiger partial charge in [0, 0.05) is 16.7 Å². The highest BCUT2D eigenvalue weighted by Crippen LogP contribution is 2.32. The molecule has 1 heterocycles. The Bertz CT molecular complexity index is 937. The van der Waals surface area contributed by atoms with Crippen LogP contribution in [0, 0.1) is 0 Å². The van der Waals surface area contributed by atoms with Gasteiger partial charge in [0.05, 0.1) is 18.4 Å². The van der Waals surface area contributed by atoms with E-state index in [0.717, 1.165) is 11.6 Å². The molecule has 0 saturated carbocycles. The maximum absolute atomic E-state index is 12.6. The highest BCUT2D eigenvalue weighted by Gasteiger charge is 2.14. The van der Waals surface area contributed by atoms with Crippen LogP contribution in [-0.2, 0) is 6.54 Å². The van der Waals surface area contributed by atoms with Crippen molar-refractivity contribution in [3.8, 4) is 22.8 Å². The Morgan fingerprint density at radius 2 is 1.82 bits per heavy atom. The van der Waals surface area contributed by atoms with Gasteiger partial charge in [0.25, 0.3) is 0 Å². The summed E-state index contributed by atoms with van der Waals surface area (Å²) < 4.78 is 63.9. The van der Waals surface area contributed by atoms with E-state index in [-0.39, 0.29) is 29.6 Å². The fourth-order valence-electron chi connectivity index (χ4n) is 2.36. The molecular formula is C18H13ClF4N2O3. The van der Waals surface area contributed by atoms with Crippen LogP contribution in [0.3, 0.4) is 0 Å². The minimum Gasteiger partial charge on any atom is -0.439 e. The van der Waals surface area contributed by atoms with Crippen molar-refractivity contribution in [1.82, 2.24) is 4.98 Å². The third-order valence-corrected chi connectivity index (χ3v) is 3.72. The lowest BCUT2D eigenvalue weighted by atomic mass is 10.2. The number of halogens is 5. The first kappa shape index (κ1) is 19.8. The molecule has 0 saturated heterocycles. The molecular weight excluding hydrogens is 404 g/mol. The van der Waals surface area contributed by atoms with Crippen molar-refractivity contribution in [3.63, 3.8) is 0 Å². The summed E-state index contributed by atoms with van der Waals surface area (Å²) in [5.41, 5.74) is 0.853. The van der Waals surface area contributed by atoms with E-state index in [1.54, 1.807) is 24.3 Å². The molecule has 0 atom stereocenters. The maximum atomic E-state index is 12.6. The second-order valence-electron chi connectivity index (χ2n) is 5.40. The van der Waals surface area contributed by atoms with Crippen LogP contribution < -0.4 is 14.8 Å². The molecule has 3 aromatic rings. The number of benzene rings is 2. The van der Waals surface area contributed by atoms with Crippen LogP contribution in [-0.4, -0.2) is 18.2 Å². The fraction of sp³-hybridized carbons (Fsp3) is 0.167. The molecule has 1 N–H and O–H groups in total. The van der Waals surface area contributed by atoms with E-state index in [1.165, 1.54) is 18.3 Å². The summed E-state index contributed by atoms with van der Waals surface area (Å²) in [5, 5.41) is 3.34. The van der Waals surface area contributed by atoms with Crippen molar-refractivity contribution in [3.05, 3.63) is 59.6 Å². The van der Waals surface area contributed by atoms with Gasteiger partial charge in [0.1, 0.15) is 5.75 Å². The largest absolute Gasteiger partial charge is 0.439 e. The Morgan fingerprint density at radius 3 is 2.54 bits per heavy atom. The first-order valence-electron chi connectivity index (χ1n) is 7.89. The Labute approximate surface area is 161 Å². The molecule has 0 unspecified atom stereocenters. The average Bonchev–Trinajstić information content (AvgIpc) is 3.09. The predicted molar refractivity (Wildman–Crippen MR) is 94.0 cm³/mol. The molecule has 10 heteroatoms. The zero-order valence-electron chi connectivity index (χ0n) is 14.0. The van der Waals surface area contributed by atoms with E-state index >= 15 is 0 Å². The van der Waals surface area contributed by atoms with Crippen molar-refractivity contribution in [2.24, 2.45) is 0 Å². The van der Waals surface area contributed by atoms with Gasteiger partial charge in [-0.1, -0.05) is 23.7 Å². The van der Waals surface area contributed by atoms with E-state index in [1.807, 2.05) is 0 Å². The van der Waals surface area contributed by atoms with Gasteiger partial charge < -0.3 is 19.2 Å². The first-order valence-corrected chi connectivity index (χ1v) is 8.26. The normalized spacial score (nSPS) is 11.1. The lowest BCUT2D eigenvalue weighted by molar-refractivity contribution is -0.0539. The van der Waals surface area contributed by atoms with Gasteiger partial charge in [-0.05, 0) is 24.3 Å². The molecule has 0 aliphatic carbocycles. The van der Waals surface area contributed by atoms with E-state index in [0.29, 0.717) is 10.8 Å². The molecule has 3 rings (SSSR count). The minimum absolute atomic E-state index is 0.0369. The lowest BCUT2D eigenvalue weighted by Crippen LogP contribution is -2.08. The zero-order valence-corrected chi connectivity index (χ0v) is 14.8. The molecule has 5 nitrogen and oxygen atoms in total. The lowest BCUT2D eigenvalue weighted by Gasteiger charge is -2.13. The average molecular weight is 417 g/mol. The van der Waals surface area contributed by atoms with Crippen LogP contribution in [0.1, 0.15) is 5.89 Å². The summed E-state index contributed by atoms with van der Waals surface area (Å²) in [6.45, 7) is -6.19. The molecule has 0 amide bonds. The summed E-state index contributed by atoms with van der Waals surface area (Å²) >= 11 is 5.94. The first-order chi connectivity index (χ1) is 13.4. The van der Waals surface area contributed by atoms with Gasteiger partial charge in [0.2, 0.25) is 5.89 Å². The topological polar surface area (TPSA) is 56.5 Å². The molecule has 148 valence electrons. The maximum Gasteiger partial charge on any atom is 0.387 e. The van der Waals surface area contributed by atoms with Crippen LogP contribution in [0.15, 0.2) is 53.1 Å². The van der Waals surface area contributed by atoms with E-state index in [9.17, 15) is 17.6 Å². The quantitative estimate of drug-likeness (QED) is 0.470. The van der Waals surface area contributed by atoms with Crippen molar-refractivity contribution in [2.45, 2.75) is 19.8 Å². The number of alkyl halides is 4. The SMILES string of the molecule is FC(F)Oc1ccc(NCc2ncc(-c3cccc(Cl)c3)o2)c(OC(F)F)c1. The van der Waals surface area contributed by atoms with Gasteiger partial charge in [-0.2, -0.15) is 17.6 Å². The van der Waals surface area contributed by atoms with E-state index in [4.69, 9.17) is 16.0 Å². The molecule has 0 spiro atoms. The van der Waals surface area contributed by atoms with Gasteiger partial charge in [-0.25, -0.2) is 4.98 Å². The standard InChI is InChI=1S/C18H13ClF4N2O3/c19-11-3-1-2-10(6-11)15-8-25-16(27-15)9-24-13-5-4-12(26-17(20)21)7-14(13)28-18(22)23/h1-8,17-18,24H,9H2. The molecule has 2 aromatic carbocycles. The van der Waals surface area contributed by atoms with E-state index < -0.39 is 13.2 Å². The van der Waals surface area contributed by atoms with Crippen molar-refractivity contribution < 1.29 is 31.5 Å². The number of anilines is 1. The van der Waals surface area contributed by atoms with Gasteiger partial charge >= 0.3 is 13.2 Å². The number of hydrogen-bond donors (Lipinski definition) is 1. The third-order valence-electron chi connectivity index (χ3n) is 3.49. The molecule has 0 bridgehead atoms. The van der Waals surface area contributed by atoms with Crippen molar-refractivity contribution in [1.29, 1.82) is 0 Å². The number of oxazole rings is 1. The Balaban J connectivity index is 1.73. The van der Waals surface area contributed by atoms with Crippen LogP contribution in [0.4, 0.5) is 23.2 Å². The number of ether oxygens (including phenoxy) is 2. The molecule has 28 heavy (non-hydrogen) atoms. The number of hydrogen-bond acceptors (Lipinski definition) is 5. The summed E-state index contributed by atoms with van der Waals surface area (Å²) in [7, 11) is 0. The van der Waals surface area contributed by atoms with Gasteiger partial charge in [-0.3, -0.25) is 0 Å². The van der Waals surface area contributed by atoms with Gasteiger partial charge in [-0.15, -0.1) is 0 Å². The number of rotatable bonds is 8. The summed E-state index contributed by atoms with van der Waals surface area (Å²) in [5.74, 6) is 0.0836. The summed E-state index contributed by atoms with van der Waals surface area (Å²) in [4.78, 5) is 4.10. The molecule has 0 fully saturated rings. The monoisotopic (exact) mass is 416 g/mol. The summed E-state index contributed by atoms with van der Waals surface area (Å²) in [6.07, 6.45) is 1.50. The highest BCUT2D eigenvalue weighted by atomic mass is 35.5. The second kappa shape index (κ2) is 8.83. The minimum atomic E-state index is -3.14. The van der Waals surface area contributed by atoms with Crippen LogP contribution in [0.2, 0.25) is 5.02 Å². The number of nitrogens with zero attached hydrogens (tertiary/aromatic N) is 1. The van der Waals surface area contributed by atoms with Crippen LogP contribution in [0.5, 0.6) is 11.5 Å². The Morgan fingerprint density at radius 1 is 1.04 bits per heavy atom. The Kier molecular flexibility index (Phi) is 6.25. The highest BCUT2D eigenvalue weighted by molar-refractivity contribution is 6.30. The van der Waals surface area contributed by atoms with Crippen LogP contribution in [0.25, 0.3) is 11.3 Å². The van der Waals surface area contributed by atoms with Crippen molar-refractivity contribution >= 4 is 17.3 Å². The zero-order chi connectivity index (χ0) is 20.1. The van der Waals surface area contributed by atoms with E-state index in [2.05, 4.69) is 19.8 Å². The number of nitrogens with one attached hydrogen (secondary N) is 1. The molecule has 1 aromatic heterocycles. The van der Waals surface area contributed by atoms with Gasteiger partial charge in [0.15, 0.2) is 11.5 Å². The molecule has 0 radical (unpaired) electrons. The third kappa shape index (κ3) is 5.29. The smallest absolute Gasteiger partial charge is 0.387 e. The van der Waals surface area contributed by atoms with Crippen LogP contribution >= 0.6 is 11.6 Å². The predicted octanol–water partition coefficient (Wildman–Crippen LogP) is 5.81. The molecule has 0 aliphatic rings.